The molecule has 8 heteroatoms. The number of alkyl halides is 2. The minimum atomic E-state index is -1.55. The maximum Gasteiger partial charge on any atom is 0.194 e. The van der Waals surface area contributed by atoms with Gasteiger partial charge in [-0.15, -0.1) is 0 Å². The largest absolute Gasteiger partial charge is 0.204 e. The molecule has 0 atom stereocenters. The van der Waals surface area contributed by atoms with Gasteiger partial charge in [0.2, 0.25) is 0 Å². The highest BCUT2D eigenvalue weighted by molar-refractivity contribution is 9.08. The van der Waals surface area contributed by atoms with E-state index in [2.05, 4.69) is 31.9 Å². The molecule has 0 nitrogen and oxygen atoms in total. The van der Waals surface area contributed by atoms with Crippen LogP contribution < -0.4 is 0 Å². The lowest BCUT2D eigenvalue weighted by Gasteiger charge is -2.22. The first-order chi connectivity index (χ1) is 17.1. The molecule has 0 fully saturated rings. The van der Waals surface area contributed by atoms with Crippen LogP contribution in [-0.2, 0) is 10.7 Å². The van der Waals surface area contributed by atoms with Gasteiger partial charge in [0.15, 0.2) is 34.9 Å². The number of aryl methyl sites for hydroxylation is 2. The van der Waals surface area contributed by atoms with E-state index >= 15 is 0 Å². The Bertz CT molecular complexity index is 1340. The monoisotopic (exact) mass is 626 g/mol. The molecule has 4 aromatic carbocycles. The van der Waals surface area contributed by atoms with Gasteiger partial charge < -0.3 is 0 Å². The van der Waals surface area contributed by atoms with Crippen LogP contribution in [0.4, 0.5) is 26.3 Å². The lowest BCUT2D eigenvalue weighted by Crippen LogP contribution is -2.02. The number of hydrogen-bond donors (Lipinski definition) is 0. The zero-order valence-corrected chi connectivity index (χ0v) is 22.2. The highest BCUT2D eigenvalue weighted by Crippen LogP contribution is 2.43. The fraction of sp³-hybridized carbons (Fsp3) is 0.143. The summed E-state index contributed by atoms with van der Waals surface area (Å²) in [5.74, 6) is -8.29. The molecule has 36 heavy (non-hydrogen) atoms. The van der Waals surface area contributed by atoms with E-state index in [0.717, 1.165) is 46.5 Å². The van der Waals surface area contributed by atoms with Crippen LogP contribution in [-0.4, -0.2) is 0 Å². The molecule has 0 N–H and O–H groups in total. The SMILES string of the molecule is Cc1ccc(-c2cc(F)c(F)c(F)c2)c(CBr)c1-c1c(C)ccc(-c2cc(F)c(F)c(F)c2)c1CBr. The van der Waals surface area contributed by atoms with E-state index in [0.29, 0.717) is 32.9 Å². The Morgan fingerprint density at radius 2 is 0.833 bits per heavy atom. The van der Waals surface area contributed by atoms with Crippen molar-refractivity contribution >= 4 is 31.9 Å². The van der Waals surface area contributed by atoms with Gasteiger partial charge in [-0.1, -0.05) is 56.1 Å². The molecule has 0 bridgehead atoms. The Balaban J connectivity index is 2.05. The van der Waals surface area contributed by atoms with Gasteiger partial charge in [-0.3, -0.25) is 0 Å². The number of hydrogen-bond acceptors (Lipinski definition) is 0. The van der Waals surface area contributed by atoms with Gasteiger partial charge in [-0.2, -0.15) is 0 Å². The third-order valence-corrected chi connectivity index (χ3v) is 7.27. The molecular weight excluding hydrogens is 610 g/mol. The Hall–Kier alpha value is -2.58. The van der Waals surface area contributed by atoms with Gasteiger partial charge >= 0.3 is 0 Å². The zero-order valence-electron chi connectivity index (χ0n) is 19.1. The molecular formula is C28H18Br2F6. The third kappa shape index (κ3) is 4.61. The third-order valence-electron chi connectivity index (χ3n) is 6.15. The summed E-state index contributed by atoms with van der Waals surface area (Å²) < 4.78 is 83.5. The quantitative estimate of drug-likeness (QED) is 0.117. The second-order valence-corrected chi connectivity index (χ2v) is 9.46. The van der Waals surface area contributed by atoms with Crippen molar-refractivity contribution in [1.29, 1.82) is 0 Å². The zero-order chi connectivity index (χ0) is 26.3. The van der Waals surface area contributed by atoms with Crippen LogP contribution in [0, 0.1) is 48.8 Å². The van der Waals surface area contributed by atoms with E-state index in [1.54, 1.807) is 24.3 Å². The Labute approximate surface area is 221 Å². The molecule has 0 spiro atoms. The predicted octanol–water partition coefficient (Wildman–Crippen LogP) is 9.93. The van der Waals surface area contributed by atoms with Crippen molar-refractivity contribution in [3.05, 3.63) is 106 Å². The lowest BCUT2D eigenvalue weighted by molar-refractivity contribution is 0.447. The summed E-state index contributed by atoms with van der Waals surface area (Å²) in [7, 11) is 0. The first-order valence-electron chi connectivity index (χ1n) is 10.8. The van der Waals surface area contributed by atoms with Crippen molar-refractivity contribution in [1.82, 2.24) is 0 Å². The van der Waals surface area contributed by atoms with Crippen LogP contribution in [0.5, 0.6) is 0 Å². The molecule has 4 aromatic rings. The van der Waals surface area contributed by atoms with E-state index in [1.807, 2.05) is 13.8 Å². The van der Waals surface area contributed by atoms with E-state index in [1.165, 1.54) is 0 Å². The van der Waals surface area contributed by atoms with Crippen LogP contribution in [0.15, 0.2) is 48.5 Å². The summed E-state index contributed by atoms with van der Waals surface area (Å²) in [6, 6.07) is 10.8. The first kappa shape index (κ1) is 26.5. The maximum absolute atomic E-state index is 14.1. The average molecular weight is 628 g/mol. The van der Waals surface area contributed by atoms with Crippen LogP contribution in [0.3, 0.4) is 0 Å². The fourth-order valence-electron chi connectivity index (χ4n) is 4.47. The molecule has 0 saturated carbocycles. The van der Waals surface area contributed by atoms with Crippen molar-refractivity contribution in [2.24, 2.45) is 0 Å². The van der Waals surface area contributed by atoms with Crippen LogP contribution in [0.2, 0.25) is 0 Å². The summed E-state index contributed by atoms with van der Waals surface area (Å²) in [6.45, 7) is 3.75. The van der Waals surface area contributed by atoms with E-state index in [9.17, 15) is 26.3 Å². The number of halogens is 8. The Kier molecular flexibility index (Phi) is 7.67. The standard InChI is InChI=1S/C28H18Br2F6/c1-13-3-5-17(15-7-21(31)27(35)22(32)8-15)19(11-29)25(13)26-14(2)4-6-18(20(26)12-30)16-9-23(33)28(36)24(34)10-16/h3-10H,11-12H2,1-2H3. The minimum Gasteiger partial charge on any atom is -0.204 e. The molecule has 0 unspecified atom stereocenters. The molecule has 0 heterocycles. The van der Waals surface area contributed by atoms with Crippen molar-refractivity contribution in [2.75, 3.05) is 0 Å². The second kappa shape index (κ2) is 10.4. The second-order valence-electron chi connectivity index (χ2n) is 8.34. The van der Waals surface area contributed by atoms with Crippen LogP contribution >= 0.6 is 31.9 Å². The van der Waals surface area contributed by atoms with Crippen molar-refractivity contribution < 1.29 is 26.3 Å². The van der Waals surface area contributed by atoms with Crippen LogP contribution in [0.25, 0.3) is 33.4 Å². The number of benzene rings is 4. The molecule has 186 valence electrons. The highest BCUT2D eigenvalue weighted by atomic mass is 79.9. The molecule has 0 radical (unpaired) electrons. The molecule has 4 rings (SSSR count). The van der Waals surface area contributed by atoms with Gasteiger partial charge in [-0.25, -0.2) is 26.3 Å². The Morgan fingerprint density at radius 3 is 1.11 bits per heavy atom. The van der Waals surface area contributed by atoms with E-state index in [4.69, 9.17) is 0 Å². The van der Waals surface area contributed by atoms with Crippen molar-refractivity contribution in [2.45, 2.75) is 24.5 Å². The molecule has 0 aromatic heterocycles. The van der Waals surface area contributed by atoms with E-state index < -0.39 is 34.9 Å². The van der Waals surface area contributed by atoms with Crippen LogP contribution in [0.1, 0.15) is 22.3 Å². The smallest absolute Gasteiger partial charge is 0.194 e. The lowest BCUT2D eigenvalue weighted by atomic mass is 9.83. The minimum absolute atomic E-state index is 0.166. The summed E-state index contributed by atoms with van der Waals surface area (Å²) >= 11 is 6.97. The molecule has 0 aliphatic carbocycles. The highest BCUT2D eigenvalue weighted by Gasteiger charge is 2.23. The fourth-order valence-corrected chi connectivity index (χ4v) is 5.63. The maximum atomic E-state index is 14.1. The summed E-state index contributed by atoms with van der Waals surface area (Å²) in [4.78, 5) is 0. The molecule has 0 amide bonds. The van der Waals surface area contributed by atoms with E-state index in [-0.39, 0.29) is 11.1 Å². The molecule has 0 aliphatic heterocycles. The average Bonchev–Trinajstić information content (AvgIpc) is 2.85. The van der Waals surface area contributed by atoms with Gasteiger partial charge in [0.1, 0.15) is 0 Å². The number of rotatable bonds is 5. The topological polar surface area (TPSA) is 0 Å². The van der Waals surface area contributed by atoms with Gasteiger partial charge in [-0.05, 0) is 93.7 Å². The summed E-state index contributed by atoms with van der Waals surface area (Å²) in [5.41, 5.74) is 5.91. The Morgan fingerprint density at radius 1 is 0.528 bits per heavy atom. The first-order valence-corrected chi connectivity index (χ1v) is 13.0. The molecule has 0 aliphatic rings. The summed E-state index contributed by atoms with van der Waals surface area (Å²) in [5, 5.41) is 0.594. The van der Waals surface area contributed by atoms with Crippen molar-refractivity contribution in [3.8, 4) is 33.4 Å². The van der Waals surface area contributed by atoms with Gasteiger partial charge in [0.25, 0.3) is 0 Å². The van der Waals surface area contributed by atoms with Crippen molar-refractivity contribution in [3.63, 3.8) is 0 Å². The van der Waals surface area contributed by atoms with Gasteiger partial charge in [0.05, 0.1) is 0 Å². The molecule has 0 saturated heterocycles. The van der Waals surface area contributed by atoms with Gasteiger partial charge in [0, 0.05) is 10.7 Å². The normalized spacial score (nSPS) is 11.3. The summed E-state index contributed by atoms with van der Waals surface area (Å²) in [6.07, 6.45) is 0. The predicted molar refractivity (Wildman–Crippen MR) is 137 cm³/mol.